The Kier molecular flexibility index (Phi) is 4.42. The Labute approximate surface area is 140 Å². The number of para-hydroxylation sites is 1. The molecular formula is C19H18N2O3. The number of nitrogens with zero attached hydrogens (tertiary/aromatic N) is 2. The Morgan fingerprint density at radius 1 is 1.00 bits per heavy atom. The average Bonchev–Trinajstić information content (AvgIpc) is 3.03. The van der Waals surface area contributed by atoms with E-state index in [9.17, 15) is 9.59 Å². The van der Waals surface area contributed by atoms with Crippen molar-refractivity contribution < 1.29 is 14.3 Å². The Morgan fingerprint density at radius 3 is 2.12 bits per heavy atom. The van der Waals surface area contributed by atoms with E-state index in [1.54, 1.807) is 5.01 Å². The van der Waals surface area contributed by atoms with Crippen LogP contribution in [0, 0.1) is 5.92 Å². The van der Waals surface area contributed by atoms with Gasteiger partial charge in [0.15, 0.2) is 5.78 Å². The number of esters is 1. The van der Waals surface area contributed by atoms with Crippen LogP contribution in [0.1, 0.15) is 18.5 Å². The van der Waals surface area contributed by atoms with Crippen molar-refractivity contribution in [1.82, 2.24) is 0 Å². The number of ketones is 1. The van der Waals surface area contributed by atoms with E-state index in [4.69, 9.17) is 4.74 Å². The van der Waals surface area contributed by atoms with Gasteiger partial charge in [0.05, 0.1) is 18.8 Å². The van der Waals surface area contributed by atoms with E-state index in [0.717, 1.165) is 11.3 Å². The summed E-state index contributed by atoms with van der Waals surface area (Å²) in [6.45, 7) is 1.42. The normalized spacial score (nSPS) is 19.8. The van der Waals surface area contributed by atoms with Crippen LogP contribution in [0.3, 0.4) is 0 Å². The molecule has 2 aromatic carbocycles. The third-order valence-electron chi connectivity index (χ3n) is 4.07. The lowest BCUT2D eigenvalue weighted by molar-refractivity contribution is -0.143. The van der Waals surface area contributed by atoms with Crippen LogP contribution >= 0.6 is 0 Å². The van der Waals surface area contributed by atoms with Gasteiger partial charge >= 0.3 is 5.97 Å². The van der Waals surface area contributed by atoms with E-state index in [2.05, 4.69) is 5.10 Å². The first kappa shape index (κ1) is 15.9. The fourth-order valence-electron chi connectivity index (χ4n) is 2.97. The number of Topliss-reactive ketones (excluding diaryl/α,β-unsaturated/α-hetero) is 1. The fraction of sp³-hybridized carbons (Fsp3) is 0.211. The van der Waals surface area contributed by atoms with Crippen LogP contribution in [0.5, 0.6) is 0 Å². The molecule has 24 heavy (non-hydrogen) atoms. The molecule has 1 aliphatic rings. The zero-order chi connectivity index (χ0) is 17.1. The molecule has 0 aromatic heterocycles. The molecule has 3 rings (SSSR count). The van der Waals surface area contributed by atoms with Gasteiger partial charge in [0.2, 0.25) is 0 Å². The predicted molar refractivity (Wildman–Crippen MR) is 91.7 cm³/mol. The third kappa shape index (κ3) is 2.80. The number of methoxy groups -OCH3 is 1. The quantitative estimate of drug-likeness (QED) is 0.812. The first-order chi connectivity index (χ1) is 11.6. The number of hydrogen-bond donors (Lipinski definition) is 0. The molecule has 0 saturated carbocycles. The maximum atomic E-state index is 12.4. The number of rotatable bonds is 4. The highest BCUT2D eigenvalue weighted by molar-refractivity contribution is 6.43. The van der Waals surface area contributed by atoms with Gasteiger partial charge < -0.3 is 4.74 Å². The molecule has 122 valence electrons. The number of hydrazone groups is 1. The lowest BCUT2D eigenvalue weighted by atomic mass is 9.88. The number of carbonyl (C=O) groups is 2. The summed E-state index contributed by atoms with van der Waals surface area (Å²) in [6.07, 6.45) is 0. The van der Waals surface area contributed by atoms with Crippen LogP contribution in [0.25, 0.3) is 0 Å². The Hall–Kier alpha value is -2.95. The van der Waals surface area contributed by atoms with Crippen LogP contribution in [-0.4, -0.2) is 24.6 Å². The summed E-state index contributed by atoms with van der Waals surface area (Å²) in [5, 5.41) is 6.20. The van der Waals surface area contributed by atoms with Crippen LogP contribution in [0.4, 0.5) is 5.69 Å². The van der Waals surface area contributed by atoms with Crippen LogP contribution < -0.4 is 5.01 Å². The number of carbonyl (C=O) groups excluding carboxylic acids is 2. The molecule has 0 saturated heterocycles. The van der Waals surface area contributed by atoms with E-state index in [-0.39, 0.29) is 11.5 Å². The molecule has 0 bridgehead atoms. The SMILES string of the molecule is COC(=O)[C@H]1C(C(C)=O)=NN(c2ccccc2)[C@@H]1c1ccccc1. The van der Waals surface area contributed by atoms with Gasteiger partial charge in [-0.25, -0.2) is 0 Å². The number of ether oxygens (including phenoxy) is 1. The van der Waals surface area contributed by atoms with Crippen molar-refractivity contribution in [1.29, 1.82) is 0 Å². The van der Waals surface area contributed by atoms with Crippen molar-refractivity contribution in [2.24, 2.45) is 11.0 Å². The first-order valence-electron chi connectivity index (χ1n) is 7.70. The van der Waals surface area contributed by atoms with E-state index in [1.807, 2.05) is 60.7 Å². The standard InChI is InChI=1S/C19H18N2O3/c1-13(22)17-16(19(23)24-2)18(14-9-5-3-6-10-14)21(20-17)15-11-7-4-8-12-15/h3-12,16,18H,1-2H3/t16-,18+/m0/s1. The van der Waals surface area contributed by atoms with Gasteiger partial charge in [0.1, 0.15) is 11.6 Å². The monoisotopic (exact) mass is 322 g/mol. The van der Waals surface area contributed by atoms with Crippen molar-refractivity contribution in [3.63, 3.8) is 0 Å². The van der Waals surface area contributed by atoms with Crippen molar-refractivity contribution in [3.05, 3.63) is 66.2 Å². The molecule has 0 aliphatic carbocycles. The average molecular weight is 322 g/mol. The van der Waals surface area contributed by atoms with Crippen molar-refractivity contribution in [2.45, 2.75) is 13.0 Å². The van der Waals surface area contributed by atoms with Gasteiger partial charge in [-0.2, -0.15) is 5.10 Å². The van der Waals surface area contributed by atoms with Crippen molar-refractivity contribution in [3.8, 4) is 0 Å². The lowest BCUT2D eigenvalue weighted by Crippen LogP contribution is -2.34. The van der Waals surface area contributed by atoms with E-state index < -0.39 is 17.9 Å². The Balaban J connectivity index is 2.14. The fourth-order valence-corrected chi connectivity index (χ4v) is 2.97. The number of anilines is 1. The summed E-state index contributed by atoms with van der Waals surface area (Å²) in [6, 6.07) is 18.6. The molecule has 1 heterocycles. The molecule has 0 spiro atoms. The number of benzene rings is 2. The topological polar surface area (TPSA) is 59.0 Å². The molecule has 2 atom stereocenters. The molecular weight excluding hydrogens is 304 g/mol. The second-order valence-electron chi connectivity index (χ2n) is 5.58. The summed E-state index contributed by atoms with van der Waals surface area (Å²) in [4.78, 5) is 24.5. The molecule has 0 amide bonds. The summed E-state index contributed by atoms with van der Waals surface area (Å²) in [5.41, 5.74) is 1.94. The van der Waals surface area contributed by atoms with E-state index >= 15 is 0 Å². The molecule has 0 unspecified atom stereocenters. The highest BCUT2D eigenvalue weighted by Gasteiger charge is 2.45. The van der Waals surface area contributed by atoms with Crippen LogP contribution in [0.15, 0.2) is 65.8 Å². The van der Waals surface area contributed by atoms with Gasteiger partial charge in [-0.05, 0) is 17.7 Å². The van der Waals surface area contributed by atoms with Crippen molar-refractivity contribution in [2.75, 3.05) is 12.1 Å². The van der Waals surface area contributed by atoms with Gasteiger partial charge in [0, 0.05) is 6.92 Å². The molecule has 0 N–H and O–H groups in total. The summed E-state index contributed by atoms with van der Waals surface area (Å²) < 4.78 is 4.95. The van der Waals surface area contributed by atoms with Gasteiger partial charge in [-0.15, -0.1) is 0 Å². The zero-order valence-corrected chi connectivity index (χ0v) is 13.5. The second kappa shape index (κ2) is 6.66. The largest absolute Gasteiger partial charge is 0.468 e. The first-order valence-corrected chi connectivity index (χ1v) is 7.70. The molecule has 0 fully saturated rings. The Bertz CT molecular complexity index is 772. The van der Waals surface area contributed by atoms with Gasteiger partial charge in [0.25, 0.3) is 0 Å². The number of hydrogen-bond acceptors (Lipinski definition) is 5. The van der Waals surface area contributed by atoms with Crippen molar-refractivity contribution >= 4 is 23.2 Å². The highest BCUT2D eigenvalue weighted by atomic mass is 16.5. The van der Waals surface area contributed by atoms with E-state index in [1.165, 1.54) is 14.0 Å². The maximum Gasteiger partial charge on any atom is 0.317 e. The van der Waals surface area contributed by atoms with Crippen LogP contribution in [-0.2, 0) is 14.3 Å². The Morgan fingerprint density at radius 2 is 1.58 bits per heavy atom. The molecule has 2 aromatic rings. The molecule has 1 aliphatic heterocycles. The van der Waals surface area contributed by atoms with E-state index in [0.29, 0.717) is 0 Å². The highest BCUT2D eigenvalue weighted by Crippen LogP contribution is 2.39. The smallest absolute Gasteiger partial charge is 0.317 e. The minimum atomic E-state index is -0.755. The van der Waals surface area contributed by atoms with Gasteiger partial charge in [-0.3, -0.25) is 14.6 Å². The third-order valence-corrected chi connectivity index (χ3v) is 4.07. The minimum Gasteiger partial charge on any atom is -0.468 e. The maximum absolute atomic E-state index is 12.4. The predicted octanol–water partition coefficient (Wildman–Crippen LogP) is 2.98. The molecule has 0 radical (unpaired) electrons. The minimum absolute atomic E-state index is 0.222. The molecule has 5 nitrogen and oxygen atoms in total. The molecule has 5 heteroatoms. The summed E-state index contributed by atoms with van der Waals surface area (Å²) >= 11 is 0. The second-order valence-corrected chi connectivity index (χ2v) is 5.58. The van der Waals surface area contributed by atoms with Crippen LogP contribution in [0.2, 0.25) is 0 Å². The lowest BCUT2D eigenvalue weighted by Gasteiger charge is -2.27. The summed E-state index contributed by atoms with van der Waals surface area (Å²) in [7, 11) is 1.33. The summed E-state index contributed by atoms with van der Waals surface area (Å²) in [5.74, 6) is -1.45. The van der Waals surface area contributed by atoms with Gasteiger partial charge in [-0.1, -0.05) is 48.5 Å². The zero-order valence-electron chi connectivity index (χ0n) is 13.5.